The van der Waals surface area contributed by atoms with Gasteiger partial charge in [-0.3, -0.25) is 10.3 Å². The van der Waals surface area contributed by atoms with E-state index < -0.39 is 12.0 Å². The Kier molecular flexibility index (Phi) is 6.91. The number of fused-ring (bicyclic) bond motifs is 1. The van der Waals surface area contributed by atoms with E-state index in [1.807, 2.05) is 49.4 Å². The van der Waals surface area contributed by atoms with Crippen LogP contribution in [-0.2, 0) is 5.41 Å². The second kappa shape index (κ2) is 10.5. The minimum Gasteiger partial charge on any atom is -0.477 e. The van der Waals surface area contributed by atoms with Crippen LogP contribution < -0.4 is 15.4 Å². The van der Waals surface area contributed by atoms with E-state index in [9.17, 15) is 14.7 Å². The average Bonchev–Trinajstić information content (AvgIpc) is 3.35. The van der Waals surface area contributed by atoms with Crippen molar-refractivity contribution in [2.75, 3.05) is 10.6 Å². The molecule has 0 saturated carbocycles. The number of anilines is 2. The third-order valence-electron chi connectivity index (χ3n) is 6.17. The minimum absolute atomic E-state index is 0.118. The maximum absolute atomic E-state index is 13.2. The number of carbonyl (C=O) groups is 2. The summed E-state index contributed by atoms with van der Waals surface area (Å²) >= 11 is 0. The molecule has 0 aliphatic rings. The van der Waals surface area contributed by atoms with Gasteiger partial charge in [-0.05, 0) is 37.3 Å². The lowest BCUT2D eigenvalue weighted by Gasteiger charge is -2.14. The van der Waals surface area contributed by atoms with Gasteiger partial charge in [-0.1, -0.05) is 45.0 Å². The Balaban J connectivity index is 1.42. The number of benzene rings is 2. The standard InChI is InChI=1S/C30H28N6O4/c1-18-9-10-19(17-32-18)36-27(16-26(35-36)30(2,3)4)34-29(39)33-23-11-12-25(22-8-6-5-7-21(22)23)40-20-13-14-31-24(15-20)28(37)38/h5-17H,1-4H3,(H,37,38)(H2,33,34,39). The fraction of sp³-hybridized carbons (Fsp3) is 0.167. The number of carbonyl (C=O) groups excluding carboxylic acids is 1. The van der Waals surface area contributed by atoms with Crippen molar-refractivity contribution in [3.63, 3.8) is 0 Å². The van der Waals surface area contributed by atoms with Gasteiger partial charge in [0.2, 0.25) is 0 Å². The average molecular weight is 537 g/mol. The van der Waals surface area contributed by atoms with Crippen molar-refractivity contribution in [1.82, 2.24) is 19.7 Å². The van der Waals surface area contributed by atoms with Gasteiger partial charge in [0.15, 0.2) is 5.69 Å². The first-order valence-electron chi connectivity index (χ1n) is 12.6. The van der Waals surface area contributed by atoms with Gasteiger partial charge < -0.3 is 15.2 Å². The number of aromatic nitrogens is 4. The highest BCUT2D eigenvalue weighted by molar-refractivity contribution is 6.07. The van der Waals surface area contributed by atoms with E-state index >= 15 is 0 Å². The first kappa shape index (κ1) is 26.4. The Labute approximate surface area is 230 Å². The number of urea groups is 1. The van der Waals surface area contributed by atoms with E-state index in [2.05, 4.69) is 41.4 Å². The molecule has 0 atom stereocenters. The molecule has 0 spiro atoms. The second-order valence-corrected chi connectivity index (χ2v) is 10.3. The molecular formula is C30H28N6O4. The number of carboxylic acids is 1. The molecule has 2 aromatic carbocycles. The summed E-state index contributed by atoms with van der Waals surface area (Å²) in [7, 11) is 0. The molecule has 5 aromatic rings. The van der Waals surface area contributed by atoms with Gasteiger partial charge >= 0.3 is 12.0 Å². The van der Waals surface area contributed by atoms with E-state index in [4.69, 9.17) is 9.84 Å². The molecule has 0 aliphatic heterocycles. The zero-order valence-electron chi connectivity index (χ0n) is 22.5. The number of hydrogen-bond donors (Lipinski definition) is 3. The van der Waals surface area contributed by atoms with E-state index in [1.165, 1.54) is 12.3 Å². The molecule has 10 nitrogen and oxygen atoms in total. The Bertz CT molecular complexity index is 1720. The summed E-state index contributed by atoms with van der Waals surface area (Å²) in [5.74, 6) is 0.202. The molecular weight excluding hydrogens is 508 g/mol. The Morgan fingerprint density at radius 2 is 1.70 bits per heavy atom. The summed E-state index contributed by atoms with van der Waals surface area (Å²) in [6.45, 7) is 8.08. The Morgan fingerprint density at radius 3 is 2.40 bits per heavy atom. The number of aryl methyl sites for hydroxylation is 1. The van der Waals surface area contributed by atoms with Crippen LogP contribution in [0.2, 0.25) is 0 Å². The van der Waals surface area contributed by atoms with Crippen molar-refractivity contribution in [3.8, 4) is 17.2 Å². The Morgan fingerprint density at radius 1 is 0.925 bits per heavy atom. The maximum atomic E-state index is 13.2. The number of nitrogens with one attached hydrogen (secondary N) is 2. The van der Waals surface area contributed by atoms with Crippen molar-refractivity contribution >= 4 is 34.3 Å². The number of ether oxygens (including phenoxy) is 1. The van der Waals surface area contributed by atoms with Gasteiger partial charge in [0.1, 0.15) is 17.3 Å². The van der Waals surface area contributed by atoms with Crippen molar-refractivity contribution in [1.29, 1.82) is 0 Å². The fourth-order valence-electron chi connectivity index (χ4n) is 4.08. The number of nitrogens with zero attached hydrogens (tertiary/aromatic N) is 4. The predicted molar refractivity (Wildman–Crippen MR) is 153 cm³/mol. The topological polar surface area (TPSA) is 131 Å². The number of amides is 2. The lowest BCUT2D eigenvalue weighted by molar-refractivity contribution is 0.0690. The quantitative estimate of drug-likeness (QED) is 0.224. The highest BCUT2D eigenvalue weighted by Gasteiger charge is 2.22. The summed E-state index contributed by atoms with van der Waals surface area (Å²) < 4.78 is 7.66. The van der Waals surface area contributed by atoms with Gasteiger partial charge in [0.05, 0.1) is 23.3 Å². The molecule has 3 heterocycles. The van der Waals surface area contributed by atoms with Crippen LogP contribution in [0.1, 0.15) is 42.6 Å². The lowest BCUT2D eigenvalue weighted by Crippen LogP contribution is -2.21. The van der Waals surface area contributed by atoms with E-state index in [-0.39, 0.29) is 11.1 Å². The second-order valence-electron chi connectivity index (χ2n) is 10.3. The Hall–Kier alpha value is -5.25. The van der Waals surface area contributed by atoms with Gasteiger partial charge in [-0.15, -0.1) is 0 Å². The number of hydrogen-bond acceptors (Lipinski definition) is 6. The van der Waals surface area contributed by atoms with Crippen molar-refractivity contribution in [3.05, 3.63) is 96.2 Å². The van der Waals surface area contributed by atoms with Crippen molar-refractivity contribution in [2.45, 2.75) is 33.1 Å². The number of pyridine rings is 2. The summed E-state index contributed by atoms with van der Waals surface area (Å²) in [6.07, 6.45) is 3.09. The molecule has 3 aromatic heterocycles. The van der Waals surface area contributed by atoms with Crippen LogP contribution >= 0.6 is 0 Å². The van der Waals surface area contributed by atoms with Crippen LogP contribution in [0.5, 0.6) is 11.5 Å². The van der Waals surface area contributed by atoms with Crippen molar-refractivity contribution in [2.24, 2.45) is 0 Å². The predicted octanol–water partition coefficient (Wildman–Crippen LogP) is 6.56. The molecule has 3 N–H and O–H groups in total. The van der Waals surface area contributed by atoms with E-state index in [1.54, 1.807) is 29.1 Å². The number of carboxylic acid groups (broad SMARTS) is 1. The highest BCUT2D eigenvalue weighted by atomic mass is 16.5. The molecule has 40 heavy (non-hydrogen) atoms. The molecule has 5 rings (SSSR count). The van der Waals surface area contributed by atoms with Gasteiger partial charge in [0.25, 0.3) is 0 Å². The summed E-state index contributed by atoms with van der Waals surface area (Å²) in [5, 5.41) is 21.3. The smallest absolute Gasteiger partial charge is 0.354 e. The van der Waals surface area contributed by atoms with E-state index in [0.717, 1.165) is 27.8 Å². The van der Waals surface area contributed by atoms with Crippen LogP contribution in [0.3, 0.4) is 0 Å². The van der Waals surface area contributed by atoms with Crippen LogP contribution in [0.15, 0.2) is 79.1 Å². The first-order valence-corrected chi connectivity index (χ1v) is 12.6. The largest absolute Gasteiger partial charge is 0.477 e. The van der Waals surface area contributed by atoms with Gasteiger partial charge in [-0.2, -0.15) is 5.10 Å². The number of aromatic carboxylic acids is 1. The monoisotopic (exact) mass is 536 g/mol. The third kappa shape index (κ3) is 5.60. The van der Waals surface area contributed by atoms with Gasteiger partial charge in [0, 0.05) is 40.2 Å². The van der Waals surface area contributed by atoms with Crippen LogP contribution in [0.25, 0.3) is 16.5 Å². The molecule has 0 saturated heterocycles. The highest BCUT2D eigenvalue weighted by Crippen LogP contribution is 2.35. The van der Waals surface area contributed by atoms with E-state index in [0.29, 0.717) is 23.0 Å². The van der Waals surface area contributed by atoms with Crippen molar-refractivity contribution < 1.29 is 19.4 Å². The lowest BCUT2D eigenvalue weighted by atomic mass is 9.92. The molecule has 202 valence electrons. The fourth-order valence-corrected chi connectivity index (χ4v) is 4.08. The molecule has 10 heteroatoms. The molecule has 0 radical (unpaired) electrons. The normalized spacial score (nSPS) is 11.3. The number of rotatable bonds is 6. The van der Waals surface area contributed by atoms with Gasteiger partial charge in [-0.25, -0.2) is 19.3 Å². The summed E-state index contributed by atoms with van der Waals surface area (Å²) in [4.78, 5) is 32.7. The molecule has 0 bridgehead atoms. The van der Waals surface area contributed by atoms with Crippen LogP contribution in [0, 0.1) is 6.92 Å². The minimum atomic E-state index is -1.14. The maximum Gasteiger partial charge on any atom is 0.354 e. The SMILES string of the molecule is Cc1ccc(-n2nc(C(C)(C)C)cc2NC(=O)Nc2ccc(Oc3ccnc(C(=O)O)c3)c3ccccc23)cn1. The summed E-state index contributed by atoms with van der Waals surface area (Å²) in [5.41, 5.74) is 2.64. The van der Waals surface area contributed by atoms with Crippen LogP contribution in [-0.4, -0.2) is 36.9 Å². The molecule has 0 unspecified atom stereocenters. The zero-order chi connectivity index (χ0) is 28.4. The third-order valence-corrected chi connectivity index (χ3v) is 6.17. The first-order chi connectivity index (χ1) is 19.1. The molecule has 2 amide bonds. The molecule has 0 fully saturated rings. The van der Waals surface area contributed by atoms with Crippen LogP contribution in [0.4, 0.5) is 16.3 Å². The molecule has 0 aliphatic carbocycles. The zero-order valence-corrected chi connectivity index (χ0v) is 22.5. The summed E-state index contributed by atoms with van der Waals surface area (Å²) in [6, 6.07) is 19.0.